The fourth-order valence-corrected chi connectivity index (χ4v) is 2.96. The molecule has 1 aromatic carbocycles. The highest BCUT2D eigenvalue weighted by molar-refractivity contribution is 9.10. The molecule has 1 saturated heterocycles. The molecule has 1 heterocycles. The summed E-state index contributed by atoms with van der Waals surface area (Å²) in [6, 6.07) is 5.49. The minimum Gasteiger partial charge on any atom is -0.496 e. The largest absolute Gasteiger partial charge is 0.496 e. The first kappa shape index (κ1) is 17.3. The molecule has 112 valence electrons. The SMILES string of the molecule is COc1ccc(Br)cc1C1CCCN1C(=O)[C@@H](C)N.Cl. The third-order valence-corrected chi connectivity index (χ3v) is 3.97. The first-order chi connectivity index (χ1) is 9.04. The van der Waals surface area contributed by atoms with Gasteiger partial charge >= 0.3 is 0 Å². The van der Waals surface area contributed by atoms with Gasteiger partial charge in [0.15, 0.2) is 0 Å². The Labute approximate surface area is 134 Å². The molecule has 0 aliphatic carbocycles. The molecule has 0 aromatic heterocycles. The summed E-state index contributed by atoms with van der Waals surface area (Å²) in [5, 5.41) is 0. The highest BCUT2D eigenvalue weighted by atomic mass is 79.9. The van der Waals surface area contributed by atoms with E-state index in [1.807, 2.05) is 23.1 Å². The average molecular weight is 364 g/mol. The van der Waals surface area contributed by atoms with Crippen molar-refractivity contribution in [1.82, 2.24) is 4.90 Å². The topological polar surface area (TPSA) is 55.6 Å². The maximum Gasteiger partial charge on any atom is 0.239 e. The molecule has 1 aliphatic rings. The Kier molecular flexibility index (Phi) is 6.30. The Bertz CT molecular complexity index is 482. The van der Waals surface area contributed by atoms with E-state index >= 15 is 0 Å². The summed E-state index contributed by atoms with van der Waals surface area (Å²) in [6.07, 6.45) is 1.95. The number of nitrogens with two attached hydrogens (primary N) is 1. The molecule has 2 rings (SSSR count). The second-order valence-electron chi connectivity index (χ2n) is 4.86. The number of amides is 1. The Morgan fingerprint density at radius 3 is 2.85 bits per heavy atom. The second-order valence-corrected chi connectivity index (χ2v) is 5.78. The standard InChI is InChI=1S/C14H19BrN2O2.ClH/c1-9(16)14(18)17-7-3-4-12(17)11-8-10(15)5-6-13(11)19-2;/h5-6,8-9,12H,3-4,7,16H2,1-2H3;1H/t9-,12?;/m1./s1. The van der Waals surface area contributed by atoms with Crippen LogP contribution in [0.3, 0.4) is 0 Å². The molecule has 0 saturated carbocycles. The van der Waals surface area contributed by atoms with Crippen LogP contribution in [-0.4, -0.2) is 30.5 Å². The Morgan fingerprint density at radius 2 is 2.25 bits per heavy atom. The quantitative estimate of drug-likeness (QED) is 0.898. The van der Waals surface area contributed by atoms with E-state index in [0.717, 1.165) is 35.2 Å². The molecule has 1 unspecified atom stereocenters. The van der Waals surface area contributed by atoms with Crippen LogP contribution >= 0.6 is 28.3 Å². The van der Waals surface area contributed by atoms with Gasteiger partial charge in [-0.25, -0.2) is 0 Å². The van der Waals surface area contributed by atoms with Crippen LogP contribution in [0.2, 0.25) is 0 Å². The number of carbonyl (C=O) groups is 1. The lowest BCUT2D eigenvalue weighted by atomic mass is 10.0. The van der Waals surface area contributed by atoms with Gasteiger partial charge in [0.05, 0.1) is 19.2 Å². The van der Waals surface area contributed by atoms with Crippen molar-refractivity contribution in [2.45, 2.75) is 31.8 Å². The lowest BCUT2D eigenvalue weighted by molar-refractivity contribution is -0.133. The van der Waals surface area contributed by atoms with Crippen molar-refractivity contribution >= 4 is 34.2 Å². The van der Waals surface area contributed by atoms with Crippen molar-refractivity contribution in [2.24, 2.45) is 5.73 Å². The molecule has 2 atom stereocenters. The summed E-state index contributed by atoms with van der Waals surface area (Å²) in [5.74, 6) is 0.821. The van der Waals surface area contributed by atoms with Crippen molar-refractivity contribution in [2.75, 3.05) is 13.7 Å². The summed E-state index contributed by atoms with van der Waals surface area (Å²) >= 11 is 3.47. The fourth-order valence-electron chi connectivity index (χ4n) is 2.58. The summed E-state index contributed by atoms with van der Waals surface area (Å²) in [6.45, 7) is 2.50. The number of halogens is 2. The van der Waals surface area contributed by atoms with E-state index in [9.17, 15) is 4.79 Å². The van der Waals surface area contributed by atoms with E-state index in [1.54, 1.807) is 14.0 Å². The van der Waals surface area contributed by atoms with Crippen molar-refractivity contribution < 1.29 is 9.53 Å². The molecule has 0 radical (unpaired) electrons. The predicted octanol–water partition coefficient (Wildman–Crippen LogP) is 2.89. The van der Waals surface area contributed by atoms with Crippen LogP contribution in [0.1, 0.15) is 31.4 Å². The summed E-state index contributed by atoms with van der Waals surface area (Å²) in [5.41, 5.74) is 6.77. The second kappa shape index (κ2) is 7.29. The van der Waals surface area contributed by atoms with Gasteiger partial charge in [0, 0.05) is 16.6 Å². The molecule has 20 heavy (non-hydrogen) atoms. The molecule has 1 fully saturated rings. The zero-order valence-corrected chi connectivity index (χ0v) is 14.0. The van der Waals surface area contributed by atoms with E-state index in [4.69, 9.17) is 10.5 Å². The van der Waals surface area contributed by atoms with E-state index in [1.165, 1.54) is 0 Å². The molecular weight excluding hydrogens is 344 g/mol. The van der Waals surface area contributed by atoms with E-state index in [2.05, 4.69) is 15.9 Å². The third-order valence-electron chi connectivity index (χ3n) is 3.48. The van der Waals surface area contributed by atoms with E-state index in [0.29, 0.717) is 0 Å². The van der Waals surface area contributed by atoms with Crippen LogP contribution in [0.15, 0.2) is 22.7 Å². The van der Waals surface area contributed by atoms with Gasteiger partial charge in [-0.05, 0) is 38.0 Å². The number of ether oxygens (including phenoxy) is 1. The number of hydrogen-bond donors (Lipinski definition) is 1. The van der Waals surface area contributed by atoms with Gasteiger partial charge in [-0.2, -0.15) is 0 Å². The number of carbonyl (C=O) groups excluding carboxylic acids is 1. The molecule has 1 aliphatic heterocycles. The van der Waals surface area contributed by atoms with Crippen LogP contribution in [0.25, 0.3) is 0 Å². The lowest BCUT2D eigenvalue weighted by Gasteiger charge is -2.27. The normalized spacial score (nSPS) is 19.4. The molecule has 6 heteroatoms. The summed E-state index contributed by atoms with van der Waals surface area (Å²) < 4.78 is 6.40. The van der Waals surface area contributed by atoms with Crippen LogP contribution in [0, 0.1) is 0 Å². The fraction of sp³-hybridized carbons (Fsp3) is 0.500. The van der Waals surface area contributed by atoms with Gasteiger partial charge in [0.25, 0.3) is 0 Å². The molecule has 0 spiro atoms. The molecular formula is C14H20BrClN2O2. The maximum atomic E-state index is 12.2. The van der Waals surface area contributed by atoms with Gasteiger partial charge in [-0.1, -0.05) is 15.9 Å². The zero-order chi connectivity index (χ0) is 14.0. The molecule has 2 N–H and O–H groups in total. The summed E-state index contributed by atoms with van der Waals surface area (Å²) in [4.78, 5) is 14.0. The number of benzene rings is 1. The third kappa shape index (κ3) is 3.45. The van der Waals surface area contributed by atoms with Crippen LogP contribution in [0.4, 0.5) is 0 Å². The van der Waals surface area contributed by atoms with Gasteiger partial charge in [-0.15, -0.1) is 12.4 Å². The minimum atomic E-state index is -0.459. The van der Waals surface area contributed by atoms with Crippen LogP contribution in [-0.2, 0) is 4.79 Å². The van der Waals surface area contributed by atoms with Gasteiger partial charge in [0.2, 0.25) is 5.91 Å². The first-order valence-corrected chi connectivity index (χ1v) is 7.23. The van der Waals surface area contributed by atoms with E-state index in [-0.39, 0.29) is 24.4 Å². The number of likely N-dealkylation sites (tertiary alicyclic amines) is 1. The van der Waals surface area contributed by atoms with Crippen LogP contribution in [0.5, 0.6) is 5.75 Å². The minimum absolute atomic E-state index is 0. The predicted molar refractivity (Wildman–Crippen MR) is 85.3 cm³/mol. The number of nitrogens with zero attached hydrogens (tertiary/aromatic N) is 1. The molecule has 0 bridgehead atoms. The van der Waals surface area contributed by atoms with Gasteiger partial charge < -0.3 is 15.4 Å². The van der Waals surface area contributed by atoms with Crippen LogP contribution < -0.4 is 10.5 Å². The highest BCUT2D eigenvalue weighted by Crippen LogP contribution is 2.38. The maximum absolute atomic E-state index is 12.2. The Balaban J connectivity index is 0.00000200. The monoisotopic (exact) mass is 362 g/mol. The molecule has 1 aromatic rings. The number of methoxy groups -OCH3 is 1. The molecule has 1 amide bonds. The zero-order valence-electron chi connectivity index (χ0n) is 11.6. The molecule has 4 nitrogen and oxygen atoms in total. The van der Waals surface area contributed by atoms with Gasteiger partial charge in [0.1, 0.15) is 5.75 Å². The first-order valence-electron chi connectivity index (χ1n) is 6.44. The van der Waals surface area contributed by atoms with Crippen molar-refractivity contribution in [3.63, 3.8) is 0 Å². The number of rotatable bonds is 3. The average Bonchev–Trinajstić information content (AvgIpc) is 2.86. The highest BCUT2D eigenvalue weighted by Gasteiger charge is 2.33. The van der Waals surface area contributed by atoms with Gasteiger partial charge in [-0.3, -0.25) is 4.79 Å². The summed E-state index contributed by atoms with van der Waals surface area (Å²) in [7, 11) is 1.65. The lowest BCUT2D eigenvalue weighted by Crippen LogP contribution is -2.41. The number of hydrogen-bond acceptors (Lipinski definition) is 3. The van der Waals surface area contributed by atoms with Crippen molar-refractivity contribution in [3.8, 4) is 5.75 Å². The van der Waals surface area contributed by atoms with Crippen molar-refractivity contribution in [3.05, 3.63) is 28.2 Å². The van der Waals surface area contributed by atoms with E-state index < -0.39 is 6.04 Å². The smallest absolute Gasteiger partial charge is 0.239 e. The van der Waals surface area contributed by atoms with Crippen molar-refractivity contribution in [1.29, 1.82) is 0 Å². The Hall–Kier alpha value is -0.780. The Morgan fingerprint density at radius 1 is 1.55 bits per heavy atom.